The number of aliphatic carboxylic acids is 1. The predicted octanol–water partition coefficient (Wildman–Crippen LogP) is 0.621. The molecule has 1 atom stereocenters. The van der Waals surface area contributed by atoms with Crippen molar-refractivity contribution < 1.29 is 14.7 Å². The fourth-order valence-electron chi connectivity index (χ4n) is 2.39. The maximum atomic E-state index is 12.1. The molecule has 1 fully saturated rings. The van der Waals surface area contributed by atoms with E-state index in [1.54, 1.807) is 4.90 Å². The van der Waals surface area contributed by atoms with Crippen molar-refractivity contribution in [1.29, 1.82) is 0 Å². The van der Waals surface area contributed by atoms with Gasteiger partial charge >= 0.3 is 5.97 Å². The quantitative estimate of drug-likeness (QED) is 0.833. The molecule has 1 heterocycles. The standard InChI is InChI=1S/C14H18N2O3/c15-8-11-4-2-1-3-10(11)7-13(17)16-6-5-12(9-16)14(18)19/h1-4,12H,5-9,15H2,(H,18,19). The van der Waals surface area contributed by atoms with Crippen molar-refractivity contribution in [2.75, 3.05) is 13.1 Å². The third-order valence-electron chi connectivity index (χ3n) is 3.57. The highest BCUT2D eigenvalue weighted by molar-refractivity contribution is 5.81. The monoisotopic (exact) mass is 262 g/mol. The van der Waals surface area contributed by atoms with Crippen molar-refractivity contribution in [3.8, 4) is 0 Å². The van der Waals surface area contributed by atoms with Crippen molar-refractivity contribution >= 4 is 11.9 Å². The number of likely N-dealkylation sites (tertiary alicyclic amines) is 1. The summed E-state index contributed by atoms with van der Waals surface area (Å²) in [5.74, 6) is -1.27. The molecule has 5 nitrogen and oxygen atoms in total. The van der Waals surface area contributed by atoms with Crippen LogP contribution in [0.25, 0.3) is 0 Å². The zero-order valence-electron chi connectivity index (χ0n) is 10.7. The summed E-state index contributed by atoms with van der Waals surface area (Å²) in [5.41, 5.74) is 7.53. The van der Waals surface area contributed by atoms with E-state index in [-0.39, 0.29) is 5.91 Å². The summed E-state index contributed by atoms with van der Waals surface area (Å²) in [6.45, 7) is 1.25. The van der Waals surface area contributed by atoms with E-state index in [2.05, 4.69) is 0 Å². The van der Waals surface area contributed by atoms with E-state index in [1.165, 1.54) is 0 Å². The summed E-state index contributed by atoms with van der Waals surface area (Å²) in [6, 6.07) is 7.58. The van der Waals surface area contributed by atoms with Gasteiger partial charge in [0.1, 0.15) is 0 Å². The number of carboxylic acid groups (broad SMARTS) is 1. The van der Waals surface area contributed by atoms with E-state index < -0.39 is 11.9 Å². The Morgan fingerprint density at radius 1 is 1.32 bits per heavy atom. The lowest BCUT2D eigenvalue weighted by Gasteiger charge is -2.16. The number of amides is 1. The lowest BCUT2D eigenvalue weighted by Crippen LogP contribution is -2.31. The lowest BCUT2D eigenvalue weighted by atomic mass is 10.0. The minimum atomic E-state index is -0.822. The predicted molar refractivity (Wildman–Crippen MR) is 70.4 cm³/mol. The van der Waals surface area contributed by atoms with Crippen molar-refractivity contribution in [3.05, 3.63) is 35.4 Å². The number of nitrogens with two attached hydrogens (primary N) is 1. The summed E-state index contributed by atoms with van der Waals surface area (Å²) < 4.78 is 0. The van der Waals surface area contributed by atoms with E-state index >= 15 is 0 Å². The Balaban J connectivity index is 2.00. The molecular formula is C14H18N2O3. The number of hydrogen-bond acceptors (Lipinski definition) is 3. The molecular weight excluding hydrogens is 244 g/mol. The molecule has 2 rings (SSSR count). The second-order valence-electron chi connectivity index (χ2n) is 4.81. The molecule has 0 aliphatic carbocycles. The van der Waals surface area contributed by atoms with Crippen molar-refractivity contribution in [3.63, 3.8) is 0 Å². The molecule has 1 aliphatic rings. The van der Waals surface area contributed by atoms with Gasteiger partial charge in [-0.25, -0.2) is 0 Å². The van der Waals surface area contributed by atoms with E-state index in [9.17, 15) is 9.59 Å². The summed E-state index contributed by atoms with van der Waals surface area (Å²) in [6.07, 6.45) is 0.833. The summed E-state index contributed by atoms with van der Waals surface area (Å²) >= 11 is 0. The Hall–Kier alpha value is -1.88. The van der Waals surface area contributed by atoms with E-state index in [4.69, 9.17) is 10.8 Å². The number of hydrogen-bond donors (Lipinski definition) is 2. The van der Waals surface area contributed by atoms with Gasteiger partial charge in [-0.15, -0.1) is 0 Å². The second-order valence-corrected chi connectivity index (χ2v) is 4.81. The third kappa shape index (κ3) is 3.12. The molecule has 102 valence electrons. The van der Waals surface area contributed by atoms with Crippen LogP contribution in [0.5, 0.6) is 0 Å². The van der Waals surface area contributed by atoms with Crippen LogP contribution in [0.4, 0.5) is 0 Å². The minimum absolute atomic E-state index is 0.0235. The number of nitrogens with zero attached hydrogens (tertiary/aromatic N) is 1. The molecule has 0 saturated carbocycles. The molecule has 1 unspecified atom stereocenters. The van der Waals surface area contributed by atoms with E-state index in [1.807, 2.05) is 24.3 Å². The first-order valence-corrected chi connectivity index (χ1v) is 6.39. The van der Waals surface area contributed by atoms with Gasteiger partial charge < -0.3 is 15.7 Å². The highest BCUT2D eigenvalue weighted by Gasteiger charge is 2.30. The van der Waals surface area contributed by atoms with Crippen LogP contribution < -0.4 is 5.73 Å². The second kappa shape index (κ2) is 5.84. The van der Waals surface area contributed by atoms with Crippen LogP contribution in [0.3, 0.4) is 0 Å². The van der Waals surface area contributed by atoms with Crippen LogP contribution in [0.2, 0.25) is 0 Å². The van der Waals surface area contributed by atoms with Crippen molar-refractivity contribution in [2.45, 2.75) is 19.4 Å². The van der Waals surface area contributed by atoms with Crippen LogP contribution in [-0.4, -0.2) is 35.0 Å². The first-order valence-electron chi connectivity index (χ1n) is 6.39. The van der Waals surface area contributed by atoms with Crippen LogP contribution >= 0.6 is 0 Å². The molecule has 1 aromatic rings. The van der Waals surface area contributed by atoms with Gasteiger partial charge in [-0.05, 0) is 17.5 Å². The summed E-state index contributed by atoms with van der Waals surface area (Å²) in [4.78, 5) is 24.6. The molecule has 3 N–H and O–H groups in total. The maximum absolute atomic E-state index is 12.1. The molecule has 1 aromatic carbocycles. The van der Waals surface area contributed by atoms with Gasteiger partial charge in [-0.3, -0.25) is 9.59 Å². The number of carboxylic acids is 1. The molecule has 5 heteroatoms. The number of carbonyl (C=O) groups is 2. The van der Waals surface area contributed by atoms with Gasteiger partial charge in [0.05, 0.1) is 12.3 Å². The lowest BCUT2D eigenvalue weighted by molar-refractivity contribution is -0.141. The van der Waals surface area contributed by atoms with Crippen LogP contribution in [0.15, 0.2) is 24.3 Å². The molecule has 0 radical (unpaired) electrons. The minimum Gasteiger partial charge on any atom is -0.481 e. The van der Waals surface area contributed by atoms with Crippen LogP contribution in [0, 0.1) is 5.92 Å². The van der Waals surface area contributed by atoms with Gasteiger partial charge in [0.2, 0.25) is 5.91 Å². The average Bonchev–Trinajstić information content (AvgIpc) is 2.89. The third-order valence-corrected chi connectivity index (χ3v) is 3.57. The molecule has 1 amide bonds. The average molecular weight is 262 g/mol. The number of carbonyl (C=O) groups excluding carboxylic acids is 1. The first kappa shape index (κ1) is 13.5. The smallest absolute Gasteiger partial charge is 0.308 e. The largest absolute Gasteiger partial charge is 0.481 e. The molecule has 1 aliphatic heterocycles. The van der Waals surface area contributed by atoms with Crippen molar-refractivity contribution in [1.82, 2.24) is 4.90 Å². The maximum Gasteiger partial charge on any atom is 0.308 e. The van der Waals surface area contributed by atoms with Gasteiger partial charge in [0.25, 0.3) is 0 Å². The summed E-state index contributed by atoms with van der Waals surface area (Å²) in [5, 5.41) is 8.93. The Morgan fingerprint density at radius 3 is 2.58 bits per heavy atom. The van der Waals surface area contributed by atoms with Crippen LogP contribution in [0.1, 0.15) is 17.5 Å². The van der Waals surface area contributed by atoms with Gasteiger partial charge in [-0.1, -0.05) is 24.3 Å². The topological polar surface area (TPSA) is 83.6 Å². The van der Waals surface area contributed by atoms with Gasteiger partial charge in [0.15, 0.2) is 0 Å². The fourth-order valence-corrected chi connectivity index (χ4v) is 2.39. The Bertz CT molecular complexity index is 487. The SMILES string of the molecule is NCc1ccccc1CC(=O)N1CCC(C(=O)O)C1. The Labute approximate surface area is 112 Å². The first-order chi connectivity index (χ1) is 9.11. The fraction of sp³-hybridized carbons (Fsp3) is 0.429. The normalized spacial score (nSPS) is 18.6. The zero-order valence-corrected chi connectivity index (χ0v) is 10.7. The molecule has 0 spiro atoms. The molecule has 19 heavy (non-hydrogen) atoms. The zero-order chi connectivity index (χ0) is 13.8. The van der Waals surface area contributed by atoms with E-state index in [0.29, 0.717) is 32.5 Å². The highest BCUT2D eigenvalue weighted by atomic mass is 16.4. The molecule has 1 saturated heterocycles. The molecule has 0 aromatic heterocycles. The van der Waals surface area contributed by atoms with Crippen molar-refractivity contribution in [2.24, 2.45) is 11.7 Å². The number of benzene rings is 1. The van der Waals surface area contributed by atoms with Gasteiger partial charge in [0, 0.05) is 19.6 Å². The Kier molecular flexibility index (Phi) is 4.16. The van der Waals surface area contributed by atoms with E-state index in [0.717, 1.165) is 11.1 Å². The Morgan fingerprint density at radius 2 is 2.00 bits per heavy atom. The van der Waals surface area contributed by atoms with Crippen LogP contribution in [-0.2, 0) is 22.6 Å². The molecule has 0 bridgehead atoms. The summed E-state index contributed by atoms with van der Waals surface area (Å²) in [7, 11) is 0. The highest BCUT2D eigenvalue weighted by Crippen LogP contribution is 2.18. The number of rotatable bonds is 4. The van der Waals surface area contributed by atoms with Gasteiger partial charge in [-0.2, -0.15) is 0 Å².